The van der Waals surface area contributed by atoms with Gasteiger partial charge in [0.25, 0.3) is 6.71 Å². The number of benzene rings is 9. The molecule has 0 bridgehead atoms. The fourth-order valence-electron chi connectivity index (χ4n) is 11.9. The minimum atomic E-state index is -0.280. The zero-order valence-corrected chi connectivity index (χ0v) is 50.9. The molecule has 2 aliphatic heterocycles. The van der Waals surface area contributed by atoms with Gasteiger partial charge in [0.1, 0.15) is 0 Å². The second kappa shape index (κ2) is 20.8. The lowest BCUT2D eigenvalue weighted by atomic mass is 9.33. The molecule has 13 rings (SSSR count). The van der Waals surface area contributed by atoms with E-state index in [1.54, 1.807) is 0 Å². The van der Waals surface area contributed by atoms with Crippen molar-refractivity contribution < 1.29 is 0 Å². The number of fused-ring (bicyclic) bond motifs is 4. The largest absolute Gasteiger partial charge is 0.311 e. The molecule has 0 saturated heterocycles. The summed E-state index contributed by atoms with van der Waals surface area (Å²) in [5.41, 5.74) is 20.1. The van der Waals surface area contributed by atoms with E-state index >= 15 is 0 Å². The van der Waals surface area contributed by atoms with Gasteiger partial charge in [-0.05, 0) is 121 Å². The topological polar surface area (TPSA) is 83.8 Å². The smallest absolute Gasteiger partial charge is 0.252 e. The first-order valence-electron chi connectivity index (χ1n) is 29.7. The molecule has 0 saturated carbocycles. The van der Waals surface area contributed by atoms with Gasteiger partial charge in [-0.15, -0.1) is 0 Å². The molecule has 418 valence electrons. The van der Waals surface area contributed by atoms with Crippen LogP contribution >= 0.6 is 0 Å². The zero-order valence-electron chi connectivity index (χ0n) is 50.9. The summed E-state index contributed by atoms with van der Waals surface area (Å²) in [5.74, 6) is 3.65. The van der Waals surface area contributed by atoms with Crippen LogP contribution in [0, 0.1) is 0 Å². The summed E-state index contributed by atoms with van der Waals surface area (Å²) < 4.78 is 0. The Kier molecular flexibility index (Phi) is 13.4. The van der Waals surface area contributed by atoms with Crippen LogP contribution in [-0.2, 0) is 21.7 Å². The molecule has 0 atom stereocenters. The Morgan fingerprint density at radius 1 is 0.259 bits per heavy atom. The first-order valence-corrected chi connectivity index (χ1v) is 29.7. The highest BCUT2D eigenvalue weighted by atomic mass is 15.2. The quantitative estimate of drug-likeness (QED) is 0.139. The summed E-state index contributed by atoms with van der Waals surface area (Å²) in [5, 5.41) is 0. The van der Waals surface area contributed by atoms with Gasteiger partial charge >= 0.3 is 0 Å². The van der Waals surface area contributed by atoms with Crippen LogP contribution in [0.3, 0.4) is 0 Å². The Balaban J connectivity index is 1.13. The summed E-state index contributed by atoms with van der Waals surface area (Å²) in [7, 11) is 0. The van der Waals surface area contributed by atoms with E-state index < -0.39 is 0 Å². The average Bonchev–Trinajstić information content (AvgIpc) is 1.07. The van der Waals surface area contributed by atoms with Crippen molar-refractivity contribution in [3.63, 3.8) is 0 Å². The van der Waals surface area contributed by atoms with E-state index in [9.17, 15) is 0 Å². The van der Waals surface area contributed by atoms with E-state index in [4.69, 9.17) is 29.9 Å². The molecule has 9 heteroatoms. The summed E-state index contributed by atoms with van der Waals surface area (Å²) >= 11 is 0. The Morgan fingerprint density at radius 2 is 0.529 bits per heavy atom. The molecule has 85 heavy (non-hydrogen) atoms. The first-order chi connectivity index (χ1) is 40.6. The van der Waals surface area contributed by atoms with Crippen molar-refractivity contribution in [1.82, 2.24) is 29.9 Å². The summed E-state index contributed by atoms with van der Waals surface area (Å²) in [6.45, 7) is 27.5. The summed E-state index contributed by atoms with van der Waals surface area (Å²) in [6, 6.07) is 76.1. The van der Waals surface area contributed by atoms with E-state index in [1.807, 2.05) is 72.8 Å². The number of hydrogen-bond acceptors (Lipinski definition) is 8. The molecule has 0 aliphatic carbocycles. The Morgan fingerprint density at radius 3 is 0.800 bits per heavy atom. The molecule has 0 N–H and O–H groups in total. The Labute approximate surface area is 501 Å². The van der Waals surface area contributed by atoms with Gasteiger partial charge in [0.2, 0.25) is 0 Å². The molecule has 0 fully saturated rings. The van der Waals surface area contributed by atoms with E-state index in [2.05, 4.69) is 232 Å². The molecule has 8 nitrogen and oxygen atoms in total. The van der Waals surface area contributed by atoms with Crippen LogP contribution in [0.4, 0.5) is 34.1 Å². The predicted molar refractivity (Wildman–Crippen MR) is 355 cm³/mol. The van der Waals surface area contributed by atoms with Crippen molar-refractivity contribution in [1.29, 1.82) is 0 Å². The highest BCUT2D eigenvalue weighted by Crippen LogP contribution is 2.48. The predicted octanol–water partition coefficient (Wildman–Crippen LogP) is 17.3. The molecule has 0 radical (unpaired) electrons. The number of hydrogen-bond donors (Lipinski definition) is 0. The maximum atomic E-state index is 5.34. The van der Waals surface area contributed by atoms with Crippen LogP contribution in [-0.4, -0.2) is 36.6 Å². The lowest BCUT2D eigenvalue weighted by Gasteiger charge is -2.45. The van der Waals surface area contributed by atoms with E-state index in [0.29, 0.717) is 34.9 Å². The van der Waals surface area contributed by atoms with E-state index in [-0.39, 0.29) is 28.4 Å². The third kappa shape index (κ3) is 10.4. The number of anilines is 6. The lowest BCUT2D eigenvalue weighted by molar-refractivity contribution is 0.568. The lowest BCUT2D eigenvalue weighted by Crippen LogP contribution is -2.61. The molecule has 0 unspecified atom stereocenters. The Bertz CT molecular complexity index is 3890. The van der Waals surface area contributed by atoms with Crippen LogP contribution in [0.2, 0.25) is 0 Å². The van der Waals surface area contributed by atoms with Crippen LogP contribution in [0.25, 0.3) is 68.3 Å². The van der Waals surface area contributed by atoms with Crippen LogP contribution < -0.4 is 26.2 Å². The normalized spacial score (nSPS) is 13.1. The molecular weight excluding hydrogens is 1040 g/mol. The maximum absolute atomic E-state index is 5.34. The van der Waals surface area contributed by atoms with Gasteiger partial charge in [-0.1, -0.05) is 235 Å². The van der Waals surface area contributed by atoms with Gasteiger partial charge in [-0.25, -0.2) is 29.9 Å². The van der Waals surface area contributed by atoms with Crippen LogP contribution in [0.15, 0.2) is 212 Å². The van der Waals surface area contributed by atoms with Gasteiger partial charge in [0.15, 0.2) is 34.9 Å². The zero-order chi connectivity index (χ0) is 59.2. The molecule has 0 spiro atoms. The van der Waals surface area contributed by atoms with Gasteiger partial charge in [-0.3, -0.25) is 0 Å². The fraction of sp³-hybridized carbons (Fsp3) is 0.211. The van der Waals surface area contributed by atoms with E-state index in [1.165, 1.54) is 27.7 Å². The SMILES string of the molecule is CC(C)(C)c1cc(N2c3ccc(-c4nc(-c5ccccc5)nc(-c5ccccc5)n4)cc3B3c4cc(-c5nc(-c6ccccc6)nc(-c6ccccc6)n5)ccc4N(c4cc(C(C)(C)C)cc(C(C)(C)C)c4)c4cccc2c43)cc(C(C)(C)C)c1. The highest BCUT2D eigenvalue weighted by molar-refractivity contribution is 7.00. The molecule has 9 aromatic carbocycles. The number of nitrogens with zero attached hydrogens (tertiary/aromatic N) is 8. The molecule has 2 aromatic heterocycles. The number of aromatic nitrogens is 6. The second-order valence-electron chi connectivity index (χ2n) is 27.0. The fourth-order valence-corrected chi connectivity index (χ4v) is 11.9. The third-order valence-electron chi connectivity index (χ3n) is 16.7. The molecule has 2 aliphatic rings. The minimum absolute atomic E-state index is 0.131. The van der Waals surface area contributed by atoms with Crippen LogP contribution in [0.5, 0.6) is 0 Å². The minimum Gasteiger partial charge on any atom is -0.311 e. The van der Waals surface area contributed by atoms with Gasteiger partial charge in [0, 0.05) is 67.5 Å². The van der Waals surface area contributed by atoms with Crippen molar-refractivity contribution in [3.8, 4) is 68.3 Å². The molecule has 0 amide bonds. The van der Waals surface area contributed by atoms with Crippen molar-refractivity contribution in [2.75, 3.05) is 9.80 Å². The first kappa shape index (κ1) is 54.9. The van der Waals surface area contributed by atoms with Crippen molar-refractivity contribution in [2.45, 2.75) is 105 Å². The standard InChI is InChI=1S/C76H71BN8/c1-73(2,3)54-42-55(74(4,5)6)45-58(44-54)84-62-38-36-52(71-80-67(48-26-17-13-18-27-48)78-68(81-71)49-28-19-14-20-29-49)40-60(62)77-61-41-53(72-82-69(50-30-21-15-22-31-50)79-70(83-72)51-32-23-16-24-33-51)37-39-63(61)85(65-35-25-34-64(84)66(65)77)59-46-56(75(7,8)9)43-57(47-59)76(10,11)12/h13-47H,1-12H3. The second-order valence-corrected chi connectivity index (χ2v) is 27.0. The third-order valence-corrected chi connectivity index (χ3v) is 16.7. The van der Waals surface area contributed by atoms with Gasteiger partial charge in [-0.2, -0.15) is 0 Å². The van der Waals surface area contributed by atoms with Crippen LogP contribution in [0.1, 0.15) is 105 Å². The van der Waals surface area contributed by atoms with Gasteiger partial charge < -0.3 is 9.80 Å². The molecule has 11 aromatic rings. The van der Waals surface area contributed by atoms with E-state index in [0.717, 1.165) is 78.4 Å². The number of rotatable bonds is 8. The van der Waals surface area contributed by atoms with Crippen molar-refractivity contribution in [2.24, 2.45) is 0 Å². The average molecular weight is 1110 g/mol. The molecule has 4 heterocycles. The monoisotopic (exact) mass is 1110 g/mol. The highest BCUT2D eigenvalue weighted by Gasteiger charge is 2.44. The molecular formula is C76H71BN8. The van der Waals surface area contributed by atoms with Gasteiger partial charge in [0.05, 0.1) is 0 Å². The summed E-state index contributed by atoms with van der Waals surface area (Å²) in [6.07, 6.45) is 0. The van der Waals surface area contributed by atoms with Crippen molar-refractivity contribution in [3.05, 3.63) is 235 Å². The maximum Gasteiger partial charge on any atom is 0.252 e. The summed E-state index contributed by atoms with van der Waals surface area (Å²) in [4.78, 5) is 36.6. The van der Waals surface area contributed by atoms with Crippen molar-refractivity contribution >= 4 is 57.2 Å². The Hall–Kier alpha value is -9.34.